The number of aromatic nitrogens is 2. The lowest BCUT2D eigenvalue weighted by Crippen LogP contribution is -2.44. The lowest BCUT2D eigenvalue weighted by molar-refractivity contribution is -0.0807. The molecule has 0 atom stereocenters. The van der Waals surface area contributed by atoms with Crippen LogP contribution in [0.2, 0.25) is 5.02 Å². The number of ether oxygens (including phenoxy) is 2. The van der Waals surface area contributed by atoms with Crippen LogP contribution in [0.4, 0.5) is 11.6 Å². The van der Waals surface area contributed by atoms with Crippen LogP contribution in [0.25, 0.3) is 11.3 Å². The zero-order valence-corrected chi connectivity index (χ0v) is 18.4. The molecule has 2 aliphatic rings. The number of hydrogen-bond donors (Lipinski definition) is 2. The molecule has 7 heteroatoms. The summed E-state index contributed by atoms with van der Waals surface area (Å²) in [7, 11) is 1.77. The van der Waals surface area contributed by atoms with E-state index in [0.717, 1.165) is 48.9 Å². The lowest BCUT2D eigenvalue weighted by Gasteiger charge is -2.36. The number of methoxy groups -OCH3 is 1. The Bertz CT molecular complexity index is 836. The molecule has 0 radical (unpaired) electrons. The van der Waals surface area contributed by atoms with E-state index in [4.69, 9.17) is 26.1 Å². The quantitative estimate of drug-likeness (QED) is 0.633. The fourth-order valence-corrected chi connectivity index (χ4v) is 4.50. The summed E-state index contributed by atoms with van der Waals surface area (Å²) in [5.41, 5.74) is 1.51. The van der Waals surface area contributed by atoms with E-state index in [2.05, 4.69) is 15.6 Å². The molecule has 0 unspecified atom stereocenters. The molecule has 0 amide bonds. The van der Waals surface area contributed by atoms with Crippen molar-refractivity contribution in [3.8, 4) is 11.3 Å². The van der Waals surface area contributed by atoms with Crippen LogP contribution >= 0.6 is 11.6 Å². The first-order valence-electron chi connectivity index (χ1n) is 10.9. The maximum absolute atomic E-state index is 6.48. The molecule has 30 heavy (non-hydrogen) atoms. The van der Waals surface area contributed by atoms with Gasteiger partial charge in [0.15, 0.2) is 0 Å². The van der Waals surface area contributed by atoms with E-state index in [1.807, 2.05) is 24.3 Å². The molecule has 2 aromatic rings. The molecule has 162 valence electrons. The first-order valence-corrected chi connectivity index (χ1v) is 11.3. The van der Waals surface area contributed by atoms with Crippen LogP contribution in [0.5, 0.6) is 0 Å². The van der Waals surface area contributed by atoms with Crippen LogP contribution in [0.1, 0.15) is 44.9 Å². The summed E-state index contributed by atoms with van der Waals surface area (Å²) >= 11 is 6.48. The molecule has 1 saturated carbocycles. The maximum atomic E-state index is 6.48. The van der Waals surface area contributed by atoms with Crippen molar-refractivity contribution >= 4 is 23.2 Å². The number of nitrogens with one attached hydrogen (secondary N) is 2. The van der Waals surface area contributed by atoms with Gasteiger partial charge in [0.05, 0.1) is 16.3 Å². The van der Waals surface area contributed by atoms with Crippen LogP contribution in [-0.4, -0.2) is 48.5 Å². The van der Waals surface area contributed by atoms with Gasteiger partial charge >= 0.3 is 0 Å². The zero-order valence-electron chi connectivity index (χ0n) is 17.6. The maximum Gasteiger partial charge on any atom is 0.126 e. The molecule has 0 spiro atoms. The molecule has 1 saturated heterocycles. The number of pyridine rings is 2. The Balaban J connectivity index is 1.48. The summed E-state index contributed by atoms with van der Waals surface area (Å²) < 4.78 is 11.3. The summed E-state index contributed by atoms with van der Waals surface area (Å²) in [6.45, 7) is 2.15. The van der Waals surface area contributed by atoms with E-state index in [9.17, 15) is 0 Å². The van der Waals surface area contributed by atoms with Crippen molar-refractivity contribution in [2.45, 2.75) is 56.6 Å². The molecule has 0 aromatic carbocycles. The van der Waals surface area contributed by atoms with Crippen molar-refractivity contribution in [3.05, 3.63) is 35.5 Å². The highest BCUT2D eigenvalue weighted by molar-refractivity contribution is 6.33. The monoisotopic (exact) mass is 430 g/mol. The molecule has 2 aromatic heterocycles. The number of nitrogens with zero attached hydrogens (tertiary/aromatic N) is 2. The number of anilines is 2. The first-order chi connectivity index (χ1) is 14.7. The van der Waals surface area contributed by atoms with Crippen molar-refractivity contribution in [3.63, 3.8) is 0 Å². The van der Waals surface area contributed by atoms with Gasteiger partial charge in [0, 0.05) is 57.5 Å². The summed E-state index contributed by atoms with van der Waals surface area (Å²) in [5.74, 6) is 1.67. The van der Waals surface area contributed by atoms with E-state index in [0.29, 0.717) is 17.6 Å². The van der Waals surface area contributed by atoms with Crippen molar-refractivity contribution in [2.24, 2.45) is 0 Å². The summed E-state index contributed by atoms with van der Waals surface area (Å²) in [6.07, 6.45) is 9.76. The van der Waals surface area contributed by atoms with Gasteiger partial charge in [-0.25, -0.2) is 9.97 Å². The SMILES string of the molecule is COC1(CNc2cccc(-c3cc(NC4CCCCC4)ncc3Cl)n2)CCOCC1. The van der Waals surface area contributed by atoms with Gasteiger partial charge in [0.2, 0.25) is 0 Å². The van der Waals surface area contributed by atoms with Gasteiger partial charge in [0.1, 0.15) is 11.6 Å². The average molecular weight is 431 g/mol. The fraction of sp³-hybridized carbons (Fsp3) is 0.565. The smallest absolute Gasteiger partial charge is 0.126 e. The Labute approximate surface area is 183 Å². The van der Waals surface area contributed by atoms with Crippen molar-refractivity contribution in [2.75, 3.05) is 37.5 Å². The molecule has 0 bridgehead atoms. The van der Waals surface area contributed by atoms with E-state index >= 15 is 0 Å². The van der Waals surface area contributed by atoms with Gasteiger partial charge in [-0.05, 0) is 31.0 Å². The predicted octanol–water partition coefficient (Wildman–Crippen LogP) is 5.15. The normalized spacial score (nSPS) is 19.4. The molecule has 1 aliphatic carbocycles. The summed E-state index contributed by atoms with van der Waals surface area (Å²) in [6, 6.07) is 8.46. The summed E-state index contributed by atoms with van der Waals surface area (Å²) in [4.78, 5) is 9.29. The molecular formula is C23H31ClN4O2. The highest BCUT2D eigenvalue weighted by Crippen LogP contribution is 2.30. The third kappa shape index (κ3) is 5.23. The average Bonchev–Trinajstić information content (AvgIpc) is 2.80. The topological polar surface area (TPSA) is 68.3 Å². The molecular weight excluding hydrogens is 400 g/mol. The molecule has 2 fully saturated rings. The Kier molecular flexibility index (Phi) is 7.08. The third-order valence-corrected chi connectivity index (χ3v) is 6.57. The second-order valence-corrected chi connectivity index (χ2v) is 8.70. The van der Waals surface area contributed by atoms with E-state index in [1.54, 1.807) is 13.3 Å². The second kappa shape index (κ2) is 9.94. The fourth-order valence-electron chi connectivity index (χ4n) is 4.30. The van der Waals surface area contributed by atoms with Gasteiger partial charge < -0.3 is 20.1 Å². The van der Waals surface area contributed by atoms with Gasteiger partial charge in [-0.2, -0.15) is 0 Å². The predicted molar refractivity (Wildman–Crippen MR) is 121 cm³/mol. The second-order valence-electron chi connectivity index (χ2n) is 8.29. The van der Waals surface area contributed by atoms with Crippen LogP contribution in [0.3, 0.4) is 0 Å². The third-order valence-electron chi connectivity index (χ3n) is 6.27. The highest BCUT2D eigenvalue weighted by Gasteiger charge is 2.32. The van der Waals surface area contributed by atoms with Crippen molar-refractivity contribution in [1.29, 1.82) is 0 Å². The van der Waals surface area contributed by atoms with E-state index in [1.165, 1.54) is 32.1 Å². The van der Waals surface area contributed by atoms with Crippen LogP contribution in [-0.2, 0) is 9.47 Å². The van der Waals surface area contributed by atoms with Gasteiger partial charge in [-0.3, -0.25) is 0 Å². The first kappa shape index (κ1) is 21.3. The Morgan fingerprint density at radius 3 is 2.73 bits per heavy atom. The molecule has 3 heterocycles. The molecule has 6 nitrogen and oxygen atoms in total. The number of rotatable bonds is 7. The van der Waals surface area contributed by atoms with Gasteiger partial charge in [-0.15, -0.1) is 0 Å². The number of halogens is 1. The molecule has 1 aliphatic heterocycles. The van der Waals surface area contributed by atoms with Crippen LogP contribution in [0.15, 0.2) is 30.5 Å². The standard InChI is InChI=1S/C23H31ClN4O2/c1-29-23(10-12-30-13-11-23)16-26-21-9-5-8-20(28-21)18-14-22(25-15-19(18)24)27-17-6-3-2-4-7-17/h5,8-9,14-15,17H,2-4,6-7,10-13,16H2,1H3,(H,25,27)(H,26,28). The minimum Gasteiger partial charge on any atom is -0.381 e. The van der Waals surface area contributed by atoms with E-state index < -0.39 is 0 Å². The highest BCUT2D eigenvalue weighted by atomic mass is 35.5. The minimum atomic E-state index is -0.207. The lowest BCUT2D eigenvalue weighted by atomic mass is 9.94. The zero-order chi connectivity index (χ0) is 20.8. The molecule has 4 rings (SSSR count). The van der Waals surface area contributed by atoms with Gasteiger partial charge in [-0.1, -0.05) is 36.9 Å². The van der Waals surface area contributed by atoms with Gasteiger partial charge in [0.25, 0.3) is 0 Å². The van der Waals surface area contributed by atoms with Crippen molar-refractivity contribution in [1.82, 2.24) is 9.97 Å². The largest absolute Gasteiger partial charge is 0.381 e. The van der Waals surface area contributed by atoms with Crippen LogP contribution in [0, 0.1) is 0 Å². The summed E-state index contributed by atoms with van der Waals surface area (Å²) in [5, 5.41) is 7.63. The Morgan fingerprint density at radius 1 is 1.17 bits per heavy atom. The Morgan fingerprint density at radius 2 is 1.97 bits per heavy atom. The minimum absolute atomic E-state index is 0.207. The molecule has 2 N–H and O–H groups in total. The van der Waals surface area contributed by atoms with E-state index in [-0.39, 0.29) is 5.60 Å². The Hall–Kier alpha value is -1.89. The van der Waals surface area contributed by atoms with Crippen molar-refractivity contribution < 1.29 is 9.47 Å². The van der Waals surface area contributed by atoms with Crippen LogP contribution < -0.4 is 10.6 Å². The number of hydrogen-bond acceptors (Lipinski definition) is 6.